The first-order chi connectivity index (χ1) is 36.6. The molecule has 9 aromatic carbocycles. The average Bonchev–Trinajstić information content (AvgIpc) is 3.45. The maximum Gasteiger partial charge on any atom is 0.291 e. The van der Waals surface area contributed by atoms with E-state index in [0.717, 1.165) is 73.7 Å². The number of thiol groups is 1. The van der Waals surface area contributed by atoms with Crippen LogP contribution in [0.1, 0.15) is 6.42 Å². The van der Waals surface area contributed by atoms with Crippen molar-refractivity contribution in [1.82, 2.24) is 0 Å². The van der Waals surface area contributed by atoms with Gasteiger partial charge in [0.1, 0.15) is 0 Å². The Morgan fingerprint density at radius 2 is 0.773 bits per heavy atom. The zero-order chi connectivity index (χ0) is 51.9. The predicted molar refractivity (Wildman–Crippen MR) is 315 cm³/mol. The van der Waals surface area contributed by atoms with Crippen molar-refractivity contribution in [2.45, 2.75) is 22.3 Å². The minimum atomic E-state index is -4.41. The summed E-state index contributed by atoms with van der Waals surface area (Å²) in [7, 11) is -7.20. The monoisotopic (exact) mass is 1060 g/mol. The van der Waals surface area contributed by atoms with Crippen LogP contribution in [-0.4, -0.2) is 39.9 Å². The fraction of sp³-hybridized carbons (Fsp3) is 0.0645. The third-order valence-corrected chi connectivity index (χ3v) is 16.7. The first-order valence-corrected chi connectivity index (χ1v) is 29.2. The van der Waals surface area contributed by atoms with E-state index in [0.29, 0.717) is 14.7 Å². The first-order valence-electron chi connectivity index (χ1n) is 24.1. The van der Waals surface area contributed by atoms with Gasteiger partial charge in [0, 0.05) is 78.8 Å². The molecule has 1 aliphatic rings. The molecule has 1 aliphatic carbocycles. The Bertz CT molecular complexity index is 3650. The quantitative estimate of drug-likeness (QED) is 0.0518. The second-order valence-electron chi connectivity index (χ2n) is 17.6. The highest BCUT2D eigenvalue weighted by Crippen LogP contribution is 2.43. The van der Waals surface area contributed by atoms with E-state index in [1.807, 2.05) is 128 Å². The molecule has 9 nitrogen and oxygen atoms in total. The van der Waals surface area contributed by atoms with Gasteiger partial charge >= 0.3 is 0 Å². The van der Waals surface area contributed by atoms with E-state index < -0.39 is 20.8 Å². The van der Waals surface area contributed by atoms with Gasteiger partial charge in [-0.05, 0) is 169 Å². The second-order valence-corrected chi connectivity index (χ2v) is 21.7. The molecule has 0 heterocycles. The highest BCUT2D eigenvalue weighted by molar-refractivity contribution is 8.03. The highest BCUT2D eigenvalue weighted by Gasteiger charge is 2.30. The average molecular weight is 1060 g/mol. The third-order valence-electron chi connectivity index (χ3n) is 13.0. The minimum absolute atomic E-state index is 0.0206. The summed E-state index contributed by atoms with van der Waals surface area (Å²) in [5, 5.41) is 0. The summed E-state index contributed by atoms with van der Waals surface area (Å²) in [6.07, 6.45) is 7.60. The largest absolute Gasteiger partial charge is 0.334 e. The van der Waals surface area contributed by atoms with Gasteiger partial charge in [-0.1, -0.05) is 103 Å². The second kappa shape index (κ2) is 22.8. The lowest BCUT2D eigenvalue weighted by atomic mass is 10.0. The van der Waals surface area contributed by atoms with Crippen LogP contribution in [0.15, 0.2) is 268 Å². The molecular formula is C62H52N4O5S4. The summed E-state index contributed by atoms with van der Waals surface area (Å²) in [6, 6.07) is 79.2. The number of thioether (sulfide) groups is 2. The van der Waals surface area contributed by atoms with Crippen LogP contribution in [-0.2, 0) is 20.8 Å². The van der Waals surface area contributed by atoms with Gasteiger partial charge in [0.2, 0.25) is 0 Å². The molecule has 0 aromatic heterocycles. The van der Waals surface area contributed by atoms with E-state index >= 15 is 0 Å². The van der Waals surface area contributed by atoms with Gasteiger partial charge in [0.15, 0.2) is 10.7 Å². The van der Waals surface area contributed by atoms with Crippen molar-refractivity contribution in [2.24, 2.45) is 0 Å². The molecule has 13 heteroatoms. The maximum absolute atomic E-state index is 12.6. The van der Waals surface area contributed by atoms with Gasteiger partial charge < -0.3 is 19.6 Å². The zero-order valence-electron chi connectivity index (χ0n) is 41.0. The normalized spacial score (nSPS) is 13.4. The number of benzene rings is 9. The van der Waals surface area contributed by atoms with Crippen molar-refractivity contribution in [3.63, 3.8) is 0 Å². The lowest BCUT2D eigenvalue weighted by Crippen LogP contribution is -2.32. The molecule has 0 saturated heterocycles. The van der Waals surface area contributed by atoms with E-state index in [-0.39, 0.29) is 17.4 Å². The van der Waals surface area contributed by atoms with Crippen LogP contribution < -0.4 is 19.6 Å². The fourth-order valence-electron chi connectivity index (χ4n) is 9.51. The molecule has 75 heavy (non-hydrogen) atoms. The van der Waals surface area contributed by atoms with E-state index in [1.165, 1.54) is 23.5 Å². The van der Waals surface area contributed by atoms with Crippen molar-refractivity contribution < 1.29 is 21.4 Å². The SMILES string of the molecule is CSC1=C(S(=O)(=O)O)CC(N(c2ccccc2)c2ccc(N(c3ccccc3)c3ccc(-c4ccc(N(c5ccccc5)c5ccc(N(c6ccccc6)c6ccc(SC)c([SH](=O)=O)c6)cc5)cc4)cc3)cc2)C=C1. The van der Waals surface area contributed by atoms with Gasteiger partial charge in [0.05, 0.1) is 15.8 Å². The number of hydrogen-bond acceptors (Lipinski definition) is 10. The number of para-hydroxylation sites is 4. The van der Waals surface area contributed by atoms with E-state index in [2.05, 4.69) is 141 Å². The van der Waals surface area contributed by atoms with Crippen molar-refractivity contribution in [1.29, 1.82) is 0 Å². The van der Waals surface area contributed by atoms with E-state index in [1.54, 1.807) is 12.1 Å². The Labute approximate surface area is 449 Å². The van der Waals surface area contributed by atoms with Crippen LogP contribution >= 0.6 is 23.5 Å². The third kappa shape index (κ3) is 11.2. The fourth-order valence-corrected chi connectivity index (χ4v) is 12.8. The molecule has 0 fully saturated rings. The molecule has 9 aromatic rings. The molecule has 0 saturated carbocycles. The Kier molecular flexibility index (Phi) is 15.4. The summed E-state index contributed by atoms with van der Waals surface area (Å²) < 4.78 is 60.1. The number of nitrogens with zero attached hydrogens (tertiary/aromatic N) is 4. The number of rotatable bonds is 17. The zero-order valence-corrected chi connectivity index (χ0v) is 44.3. The topological polar surface area (TPSA) is 101 Å². The minimum Gasteiger partial charge on any atom is -0.334 e. The Balaban J connectivity index is 0.932. The number of anilines is 11. The molecule has 374 valence electrons. The van der Waals surface area contributed by atoms with Gasteiger partial charge in [-0.15, -0.1) is 23.5 Å². The van der Waals surface area contributed by atoms with Gasteiger partial charge in [-0.3, -0.25) is 4.55 Å². The molecule has 1 N–H and O–H groups in total. The molecule has 0 bridgehead atoms. The summed E-state index contributed by atoms with van der Waals surface area (Å²) in [5.41, 5.74) is 12.3. The van der Waals surface area contributed by atoms with Crippen LogP contribution in [0, 0.1) is 0 Å². The standard InChI is InChI=1S/C62H52N4O5S4/c1-72-59-41-39-57(43-61(59)74(67)68)65(49-19-11-5-12-20-49)55-35-31-53(32-36-55)63(47-15-7-3-8-16-47)51-27-23-45(24-28-51)46-25-29-52(30-26-46)64(48-17-9-4-10-18-48)54-33-37-56(38-34-54)66(50-21-13-6-14-22-50)58-40-42-60(73-2)62(44-58)75(69,70)71/h3-43,58,74H,44H2,1-2H3,(H,69,70,71). The Morgan fingerprint density at radius 3 is 1.15 bits per heavy atom. The highest BCUT2D eigenvalue weighted by atomic mass is 32.2. The summed E-state index contributed by atoms with van der Waals surface area (Å²) in [5.74, 6) is 0. The van der Waals surface area contributed by atoms with E-state index in [4.69, 9.17) is 0 Å². The number of allylic oxidation sites excluding steroid dienone is 1. The smallest absolute Gasteiger partial charge is 0.291 e. The van der Waals surface area contributed by atoms with Crippen LogP contribution in [0.2, 0.25) is 0 Å². The maximum atomic E-state index is 12.6. The van der Waals surface area contributed by atoms with Crippen LogP contribution in [0.25, 0.3) is 11.1 Å². The van der Waals surface area contributed by atoms with E-state index in [9.17, 15) is 21.4 Å². The first kappa shape index (κ1) is 50.7. The van der Waals surface area contributed by atoms with Crippen LogP contribution in [0.4, 0.5) is 62.6 Å². The molecule has 1 unspecified atom stereocenters. The van der Waals surface area contributed by atoms with Gasteiger partial charge in [-0.2, -0.15) is 8.42 Å². The van der Waals surface area contributed by atoms with Crippen LogP contribution in [0.3, 0.4) is 0 Å². The van der Waals surface area contributed by atoms with Crippen molar-refractivity contribution >= 4 is 107 Å². The van der Waals surface area contributed by atoms with Gasteiger partial charge in [0.25, 0.3) is 10.1 Å². The summed E-state index contributed by atoms with van der Waals surface area (Å²) >= 11 is 2.71. The summed E-state index contributed by atoms with van der Waals surface area (Å²) in [6.45, 7) is 0. The molecule has 10 rings (SSSR count). The van der Waals surface area contributed by atoms with Gasteiger partial charge in [-0.25, -0.2) is 8.42 Å². The Hall–Kier alpha value is -7.78. The molecular weight excluding hydrogens is 1010 g/mol. The van der Waals surface area contributed by atoms with Crippen molar-refractivity contribution in [3.05, 3.63) is 259 Å². The molecule has 0 radical (unpaired) electrons. The summed E-state index contributed by atoms with van der Waals surface area (Å²) in [4.78, 5) is 10.2. The molecule has 0 spiro atoms. The van der Waals surface area contributed by atoms with Crippen molar-refractivity contribution in [2.75, 3.05) is 32.1 Å². The van der Waals surface area contributed by atoms with Crippen LogP contribution in [0.5, 0.6) is 0 Å². The predicted octanol–water partition coefficient (Wildman–Crippen LogP) is 16.4. The lowest BCUT2D eigenvalue weighted by Gasteiger charge is -2.35. The van der Waals surface area contributed by atoms with Crippen molar-refractivity contribution in [3.8, 4) is 11.1 Å². The Morgan fingerprint density at radius 1 is 0.440 bits per heavy atom. The lowest BCUT2D eigenvalue weighted by molar-refractivity contribution is 0.487. The molecule has 1 atom stereocenters. The number of hydrogen-bond donors (Lipinski definition) is 2. The molecule has 0 aliphatic heterocycles. The molecule has 0 amide bonds.